The van der Waals surface area contributed by atoms with Gasteiger partial charge >= 0.3 is 5.97 Å². The van der Waals surface area contributed by atoms with Crippen LogP contribution >= 0.6 is 0 Å². The summed E-state index contributed by atoms with van der Waals surface area (Å²) in [5.74, 6) is 0.109. The molecule has 0 aliphatic carbocycles. The lowest BCUT2D eigenvalue weighted by Crippen LogP contribution is -2.43. The Morgan fingerprint density at radius 3 is 2.60 bits per heavy atom. The van der Waals surface area contributed by atoms with Crippen molar-refractivity contribution in [1.29, 1.82) is 0 Å². The number of rotatable bonds is 6. The summed E-state index contributed by atoms with van der Waals surface area (Å²) in [6.07, 6.45) is 6.42. The summed E-state index contributed by atoms with van der Waals surface area (Å²) in [4.78, 5) is 36.5. The van der Waals surface area contributed by atoms with Gasteiger partial charge in [-0.15, -0.1) is 6.42 Å². The fraction of sp³-hybridized carbons (Fsp3) is 0.308. The maximum absolute atomic E-state index is 11.9. The molecule has 0 saturated heterocycles. The molecule has 7 heteroatoms. The Morgan fingerprint density at radius 1 is 1.40 bits per heavy atom. The first-order valence-electron chi connectivity index (χ1n) is 5.67. The van der Waals surface area contributed by atoms with Crippen LogP contribution in [0.3, 0.4) is 0 Å². The maximum Gasteiger partial charge on any atom is 0.323 e. The number of carbonyl (C=O) groups excluding carboxylic acids is 2. The molecule has 1 heterocycles. The minimum absolute atomic E-state index is 0.0991. The van der Waals surface area contributed by atoms with E-state index in [2.05, 4.69) is 5.92 Å². The second kappa shape index (κ2) is 6.99. The first-order valence-corrected chi connectivity index (χ1v) is 5.67. The Bertz CT molecular complexity index is 529. The summed E-state index contributed by atoms with van der Waals surface area (Å²) in [6.45, 7) is -0.922. The largest absolute Gasteiger partial charge is 0.480 e. The smallest absolute Gasteiger partial charge is 0.323 e. The number of nitrogens with zero attached hydrogens (tertiary/aromatic N) is 2. The fourth-order valence-corrected chi connectivity index (χ4v) is 1.47. The molecule has 7 nitrogen and oxygen atoms in total. The van der Waals surface area contributed by atoms with Crippen LogP contribution in [0, 0.1) is 12.3 Å². The Balaban J connectivity index is 2.65. The van der Waals surface area contributed by atoms with Crippen molar-refractivity contribution >= 4 is 17.8 Å². The van der Waals surface area contributed by atoms with Crippen molar-refractivity contribution in [3.05, 3.63) is 24.2 Å². The zero-order chi connectivity index (χ0) is 15.1. The Labute approximate surface area is 115 Å². The summed E-state index contributed by atoms with van der Waals surface area (Å²) < 4.78 is 4.93. The van der Waals surface area contributed by atoms with E-state index in [0.29, 0.717) is 0 Å². The van der Waals surface area contributed by atoms with Gasteiger partial charge in [-0.05, 0) is 12.1 Å². The number of hydrogen-bond donors (Lipinski definition) is 1. The molecule has 1 aromatic heterocycles. The van der Waals surface area contributed by atoms with Crippen molar-refractivity contribution in [2.24, 2.45) is 0 Å². The van der Waals surface area contributed by atoms with Gasteiger partial charge in [0.15, 0.2) is 5.76 Å². The highest BCUT2D eigenvalue weighted by atomic mass is 16.4. The molecule has 1 aromatic rings. The molecule has 106 valence electrons. The van der Waals surface area contributed by atoms with E-state index < -0.39 is 24.3 Å². The third-order valence-corrected chi connectivity index (χ3v) is 2.41. The van der Waals surface area contributed by atoms with Crippen molar-refractivity contribution in [1.82, 2.24) is 9.80 Å². The van der Waals surface area contributed by atoms with Crippen LogP contribution in [0.15, 0.2) is 22.8 Å². The number of terminal acetylenes is 1. The zero-order valence-electron chi connectivity index (χ0n) is 10.9. The highest BCUT2D eigenvalue weighted by molar-refractivity contribution is 5.94. The Hall–Kier alpha value is -2.75. The summed E-state index contributed by atoms with van der Waals surface area (Å²) in [5.41, 5.74) is 0. The third-order valence-electron chi connectivity index (χ3n) is 2.41. The summed E-state index contributed by atoms with van der Waals surface area (Å²) >= 11 is 0. The van der Waals surface area contributed by atoms with Gasteiger partial charge in [-0.25, -0.2) is 0 Å². The van der Waals surface area contributed by atoms with Crippen LogP contribution in [0.2, 0.25) is 0 Å². The first kappa shape index (κ1) is 15.3. The molecule has 0 aliphatic rings. The molecule has 0 aromatic carbocycles. The number of carbonyl (C=O) groups is 3. The summed E-state index contributed by atoms with van der Waals surface area (Å²) in [5, 5.41) is 8.69. The van der Waals surface area contributed by atoms with Gasteiger partial charge in [0.2, 0.25) is 5.91 Å². The number of carboxylic acid groups (broad SMARTS) is 1. The van der Waals surface area contributed by atoms with E-state index in [-0.39, 0.29) is 18.8 Å². The molecular formula is C13H14N2O5. The lowest BCUT2D eigenvalue weighted by molar-refractivity contribution is -0.144. The zero-order valence-corrected chi connectivity index (χ0v) is 10.9. The van der Waals surface area contributed by atoms with Crippen LogP contribution < -0.4 is 0 Å². The van der Waals surface area contributed by atoms with Crippen molar-refractivity contribution < 1.29 is 23.9 Å². The molecule has 1 N–H and O–H groups in total. The van der Waals surface area contributed by atoms with Crippen LogP contribution in [0.4, 0.5) is 0 Å². The van der Waals surface area contributed by atoms with Gasteiger partial charge in [-0.3, -0.25) is 14.4 Å². The molecule has 1 rings (SSSR count). The highest BCUT2D eigenvalue weighted by Gasteiger charge is 2.21. The van der Waals surface area contributed by atoms with Crippen molar-refractivity contribution in [3.8, 4) is 12.3 Å². The second-order valence-corrected chi connectivity index (χ2v) is 3.99. The molecule has 0 radical (unpaired) electrons. The molecule has 0 bridgehead atoms. The molecule has 0 aliphatic heterocycles. The second-order valence-electron chi connectivity index (χ2n) is 3.99. The Morgan fingerprint density at radius 2 is 2.10 bits per heavy atom. The average Bonchev–Trinajstić information content (AvgIpc) is 2.90. The van der Waals surface area contributed by atoms with Gasteiger partial charge in [0.25, 0.3) is 5.91 Å². The van der Waals surface area contributed by atoms with E-state index in [1.165, 1.54) is 19.4 Å². The monoisotopic (exact) mass is 278 g/mol. The predicted molar refractivity (Wildman–Crippen MR) is 68.7 cm³/mol. The predicted octanol–water partition coefficient (Wildman–Crippen LogP) is -0.102. The van der Waals surface area contributed by atoms with Gasteiger partial charge in [0, 0.05) is 7.05 Å². The SMILES string of the molecule is C#CCN(CC(=O)O)C(=O)CN(C)C(=O)c1ccco1. The van der Waals surface area contributed by atoms with E-state index in [0.717, 1.165) is 9.80 Å². The van der Waals surface area contributed by atoms with E-state index in [1.807, 2.05) is 0 Å². The van der Waals surface area contributed by atoms with E-state index in [4.69, 9.17) is 15.9 Å². The van der Waals surface area contributed by atoms with Crippen molar-refractivity contribution in [3.63, 3.8) is 0 Å². The van der Waals surface area contributed by atoms with Crippen molar-refractivity contribution in [2.45, 2.75) is 0 Å². The summed E-state index contributed by atoms with van der Waals surface area (Å²) in [6, 6.07) is 3.03. The topological polar surface area (TPSA) is 91.1 Å². The number of amides is 2. The molecule has 0 spiro atoms. The van der Waals surface area contributed by atoms with Gasteiger partial charge in [-0.2, -0.15) is 0 Å². The molecule has 0 saturated carbocycles. The van der Waals surface area contributed by atoms with E-state index >= 15 is 0 Å². The van der Waals surface area contributed by atoms with Crippen LogP contribution in [-0.2, 0) is 9.59 Å². The van der Waals surface area contributed by atoms with E-state index in [9.17, 15) is 14.4 Å². The minimum Gasteiger partial charge on any atom is -0.480 e. The van der Waals surface area contributed by atoms with Gasteiger partial charge in [0.05, 0.1) is 19.4 Å². The molecular weight excluding hydrogens is 264 g/mol. The number of likely N-dealkylation sites (N-methyl/N-ethyl adjacent to an activating group) is 1. The van der Waals surface area contributed by atoms with Crippen LogP contribution in [0.5, 0.6) is 0 Å². The molecule has 0 atom stereocenters. The van der Waals surface area contributed by atoms with Crippen LogP contribution in [-0.4, -0.2) is 59.4 Å². The molecule has 0 fully saturated rings. The Kier molecular flexibility index (Phi) is 5.35. The lowest BCUT2D eigenvalue weighted by Gasteiger charge is -2.22. The third kappa shape index (κ3) is 4.17. The van der Waals surface area contributed by atoms with Crippen LogP contribution in [0.1, 0.15) is 10.6 Å². The number of carboxylic acids is 1. The number of aliphatic carboxylic acids is 1. The highest BCUT2D eigenvalue weighted by Crippen LogP contribution is 2.04. The van der Waals surface area contributed by atoms with E-state index in [1.54, 1.807) is 6.07 Å². The van der Waals surface area contributed by atoms with Gasteiger partial charge in [-0.1, -0.05) is 5.92 Å². The fourth-order valence-electron chi connectivity index (χ4n) is 1.47. The molecule has 2 amide bonds. The van der Waals surface area contributed by atoms with Gasteiger partial charge < -0.3 is 19.3 Å². The lowest BCUT2D eigenvalue weighted by atomic mass is 10.3. The minimum atomic E-state index is -1.17. The first-order chi connectivity index (χ1) is 9.45. The molecule has 0 unspecified atom stereocenters. The summed E-state index contributed by atoms with van der Waals surface area (Å²) in [7, 11) is 1.41. The normalized spacial score (nSPS) is 9.60. The maximum atomic E-state index is 11.9. The number of furan rings is 1. The van der Waals surface area contributed by atoms with Crippen molar-refractivity contribution in [2.75, 3.05) is 26.7 Å². The number of hydrogen-bond acceptors (Lipinski definition) is 4. The molecule has 20 heavy (non-hydrogen) atoms. The standard InChI is InChI=1S/C13H14N2O5/c1-3-6-15(9-12(17)18)11(16)8-14(2)13(19)10-5-4-7-20-10/h1,4-5,7H,6,8-9H2,2H3,(H,17,18). The average molecular weight is 278 g/mol. The quantitative estimate of drug-likeness (QED) is 0.734. The van der Waals surface area contributed by atoms with Gasteiger partial charge in [0.1, 0.15) is 6.54 Å². The van der Waals surface area contributed by atoms with Crippen LogP contribution in [0.25, 0.3) is 0 Å².